The van der Waals surface area contributed by atoms with Gasteiger partial charge in [0.1, 0.15) is 5.82 Å². The third-order valence-electron chi connectivity index (χ3n) is 4.81. The van der Waals surface area contributed by atoms with E-state index >= 15 is 0 Å². The predicted molar refractivity (Wildman–Crippen MR) is 106 cm³/mol. The van der Waals surface area contributed by atoms with Crippen molar-refractivity contribution < 1.29 is 18.8 Å². The number of Topliss-reactive ketones (excluding diaryl/α,β-unsaturated/α-hetero) is 1. The lowest BCUT2D eigenvalue weighted by Gasteiger charge is -2.16. The highest BCUT2D eigenvalue weighted by Crippen LogP contribution is 2.23. The van der Waals surface area contributed by atoms with Crippen molar-refractivity contribution in [2.45, 2.75) is 45.4 Å². The zero-order valence-electron chi connectivity index (χ0n) is 15.8. The van der Waals surface area contributed by atoms with Crippen LogP contribution in [0.5, 0.6) is 0 Å². The van der Waals surface area contributed by atoms with Gasteiger partial charge >= 0.3 is 0 Å². The van der Waals surface area contributed by atoms with E-state index in [1.165, 1.54) is 42.7 Å². The highest BCUT2D eigenvalue weighted by atomic mass is 19.1. The maximum Gasteiger partial charge on any atom is 0.224 e. The van der Waals surface area contributed by atoms with Crippen molar-refractivity contribution in [1.29, 1.82) is 0 Å². The van der Waals surface area contributed by atoms with E-state index in [2.05, 4.69) is 10.6 Å². The van der Waals surface area contributed by atoms with Crippen molar-refractivity contribution in [2.24, 2.45) is 0 Å². The molecule has 0 aromatic heterocycles. The molecular formula is C22H23FN2O3. The van der Waals surface area contributed by atoms with Gasteiger partial charge in [0.25, 0.3) is 0 Å². The number of amides is 2. The van der Waals surface area contributed by atoms with Crippen LogP contribution in [0.2, 0.25) is 0 Å². The van der Waals surface area contributed by atoms with Gasteiger partial charge in [0, 0.05) is 31.0 Å². The average Bonchev–Trinajstić information content (AvgIpc) is 2.68. The summed E-state index contributed by atoms with van der Waals surface area (Å²) < 4.78 is 13.7. The molecule has 2 amide bonds. The first-order valence-corrected chi connectivity index (χ1v) is 9.44. The Hall–Kier alpha value is -3.02. The molecule has 0 unspecified atom stereocenters. The first-order chi connectivity index (χ1) is 13.4. The summed E-state index contributed by atoms with van der Waals surface area (Å²) in [5.41, 5.74) is 3.54. The van der Waals surface area contributed by atoms with E-state index in [1.807, 2.05) is 18.2 Å². The van der Waals surface area contributed by atoms with Crippen LogP contribution >= 0.6 is 0 Å². The van der Waals surface area contributed by atoms with Gasteiger partial charge in [0.15, 0.2) is 5.78 Å². The van der Waals surface area contributed by atoms with Crippen molar-refractivity contribution in [1.82, 2.24) is 0 Å². The minimum absolute atomic E-state index is 0.00423. The Morgan fingerprint density at radius 2 is 1.68 bits per heavy atom. The number of hydrogen-bond acceptors (Lipinski definition) is 3. The van der Waals surface area contributed by atoms with Crippen LogP contribution in [0.4, 0.5) is 15.8 Å². The highest BCUT2D eigenvalue weighted by molar-refractivity contribution is 6.00. The predicted octanol–water partition coefficient (Wildman–Crippen LogP) is 4.26. The van der Waals surface area contributed by atoms with Crippen molar-refractivity contribution in [3.63, 3.8) is 0 Å². The molecule has 2 aromatic carbocycles. The maximum atomic E-state index is 13.7. The molecule has 146 valence electrons. The summed E-state index contributed by atoms with van der Waals surface area (Å²) >= 11 is 0. The number of halogens is 1. The third-order valence-corrected chi connectivity index (χ3v) is 4.81. The van der Waals surface area contributed by atoms with Crippen LogP contribution in [-0.4, -0.2) is 17.6 Å². The molecule has 2 aromatic rings. The summed E-state index contributed by atoms with van der Waals surface area (Å²) in [6.07, 6.45) is 4.52. The quantitative estimate of drug-likeness (QED) is 0.733. The molecule has 2 N–H and O–H groups in total. The minimum atomic E-state index is -0.587. The molecule has 0 fully saturated rings. The Balaban J connectivity index is 1.57. The van der Waals surface area contributed by atoms with Crippen LogP contribution < -0.4 is 10.6 Å². The molecule has 3 rings (SSSR count). The van der Waals surface area contributed by atoms with Crippen LogP contribution in [0.1, 0.15) is 54.1 Å². The lowest BCUT2D eigenvalue weighted by molar-refractivity contribution is -0.116. The normalized spacial score (nSPS) is 12.8. The van der Waals surface area contributed by atoms with Gasteiger partial charge in [0.2, 0.25) is 11.8 Å². The van der Waals surface area contributed by atoms with Crippen molar-refractivity contribution in [3.05, 3.63) is 58.9 Å². The fourth-order valence-corrected chi connectivity index (χ4v) is 3.39. The second-order valence-corrected chi connectivity index (χ2v) is 7.04. The van der Waals surface area contributed by atoms with Gasteiger partial charge in [-0.2, -0.15) is 0 Å². The van der Waals surface area contributed by atoms with E-state index in [-0.39, 0.29) is 30.2 Å². The van der Waals surface area contributed by atoms with Crippen LogP contribution in [0.3, 0.4) is 0 Å². The van der Waals surface area contributed by atoms with Gasteiger partial charge in [-0.1, -0.05) is 12.1 Å². The van der Waals surface area contributed by atoms with Gasteiger partial charge in [-0.25, -0.2) is 4.39 Å². The lowest BCUT2D eigenvalue weighted by atomic mass is 9.89. The molecule has 0 bridgehead atoms. The Morgan fingerprint density at radius 1 is 0.929 bits per heavy atom. The smallest absolute Gasteiger partial charge is 0.224 e. The lowest BCUT2D eigenvalue weighted by Crippen LogP contribution is -2.15. The maximum absolute atomic E-state index is 13.7. The molecule has 5 nitrogen and oxygen atoms in total. The second-order valence-electron chi connectivity index (χ2n) is 7.04. The molecule has 6 heteroatoms. The molecule has 0 radical (unpaired) electrons. The number of fused-ring (bicyclic) bond motifs is 1. The summed E-state index contributed by atoms with van der Waals surface area (Å²) in [6.45, 7) is 1.27. The number of ketones is 1. The first kappa shape index (κ1) is 19.7. The summed E-state index contributed by atoms with van der Waals surface area (Å²) in [5, 5.41) is 4.99. The highest BCUT2D eigenvalue weighted by Gasteiger charge is 2.14. The van der Waals surface area contributed by atoms with Crippen molar-refractivity contribution in [3.8, 4) is 0 Å². The van der Waals surface area contributed by atoms with E-state index in [4.69, 9.17) is 0 Å². The summed E-state index contributed by atoms with van der Waals surface area (Å²) in [5.74, 6) is -1.40. The topological polar surface area (TPSA) is 75.3 Å². The standard InChI is InChI=1S/C22H23FN2O3/c1-14(26)24-20-13-18(8-9-19(20)23)25-22(28)11-10-21(27)17-7-6-15-4-2-3-5-16(15)12-17/h6-9,12-13H,2-5,10-11H2,1H3,(H,24,26)(H,25,28). The number of rotatable bonds is 6. The zero-order chi connectivity index (χ0) is 20.1. The average molecular weight is 382 g/mol. The molecule has 0 heterocycles. The second kappa shape index (κ2) is 8.78. The Morgan fingerprint density at radius 3 is 2.43 bits per heavy atom. The fourth-order valence-electron chi connectivity index (χ4n) is 3.39. The molecule has 1 aliphatic rings. The Kier molecular flexibility index (Phi) is 6.19. The molecule has 0 spiro atoms. The van der Waals surface area contributed by atoms with E-state index in [1.54, 1.807) is 0 Å². The molecule has 1 aliphatic carbocycles. The van der Waals surface area contributed by atoms with Crippen LogP contribution in [-0.2, 0) is 22.4 Å². The van der Waals surface area contributed by atoms with Crippen LogP contribution in [0.15, 0.2) is 36.4 Å². The molecule has 28 heavy (non-hydrogen) atoms. The number of hydrogen-bond donors (Lipinski definition) is 2. The number of anilines is 2. The number of benzene rings is 2. The van der Waals surface area contributed by atoms with Gasteiger partial charge < -0.3 is 10.6 Å². The van der Waals surface area contributed by atoms with E-state index < -0.39 is 11.7 Å². The molecule has 0 atom stereocenters. The fraction of sp³-hybridized carbons (Fsp3) is 0.318. The van der Waals surface area contributed by atoms with E-state index in [9.17, 15) is 18.8 Å². The molecule has 0 aliphatic heterocycles. The van der Waals surface area contributed by atoms with Crippen LogP contribution in [0, 0.1) is 5.82 Å². The van der Waals surface area contributed by atoms with E-state index in [0.29, 0.717) is 11.3 Å². The molecular weight excluding hydrogens is 359 g/mol. The van der Waals surface area contributed by atoms with E-state index in [0.717, 1.165) is 19.3 Å². The largest absolute Gasteiger partial charge is 0.326 e. The number of nitrogens with one attached hydrogen (secondary N) is 2. The first-order valence-electron chi connectivity index (χ1n) is 9.44. The minimum Gasteiger partial charge on any atom is -0.326 e. The Labute approximate surface area is 163 Å². The number of carbonyl (C=O) groups is 3. The number of carbonyl (C=O) groups excluding carboxylic acids is 3. The SMILES string of the molecule is CC(=O)Nc1cc(NC(=O)CCC(=O)c2ccc3c(c2)CCCC3)ccc1F. The molecule has 0 saturated heterocycles. The van der Waals surface area contributed by atoms with Crippen molar-refractivity contribution >= 4 is 29.0 Å². The monoisotopic (exact) mass is 382 g/mol. The summed E-state index contributed by atoms with van der Waals surface area (Å²) in [6, 6.07) is 9.73. The molecule has 0 saturated carbocycles. The van der Waals surface area contributed by atoms with Gasteiger partial charge in [-0.05, 0) is 61.1 Å². The van der Waals surface area contributed by atoms with Gasteiger partial charge in [-0.15, -0.1) is 0 Å². The Bertz CT molecular complexity index is 924. The summed E-state index contributed by atoms with van der Waals surface area (Å²) in [7, 11) is 0. The van der Waals surface area contributed by atoms with Crippen molar-refractivity contribution in [2.75, 3.05) is 10.6 Å². The van der Waals surface area contributed by atoms with Crippen LogP contribution in [0.25, 0.3) is 0 Å². The van der Waals surface area contributed by atoms with Gasteiger partial charge in [-0.3, -0.25) is 14.4 Å². The summed E-state index contributed by atoms with van der Waals surface area (Å²) in [4.78, 5) is 35.7. The number of aryl methyl sites for hydroxylation is 2. The van der Waals surface area contributed by atoms with Gasteiger partial charge in [0.05, 0.1) is 5.69 Å². The zero-order valence-corrected chi connectivity index (χ0v) is 15.8. The third kappa shape index (κ3) is 5.03.